The Morgan fingerprint density at radius 1 is 1.11 bits per heavy atom. The number of aryl methyl sites for hydroxylation is 1. The van der Waals surface area contributed by atoms with E-state index in [2.05, 4.69) is 26.2 Å². The summed E-state index contributed by atoms with van der Waals surface area (Å²) in [6, 6.07) is 20.0. The number of methoxy groups -OCH3 is 1. The third-order valence-corrected chi connectivity index (χ3v) is 7.38. The molecule has 0 saturated carbocycles. The van der Waals surface area contributed by atoms with Crippen molar-refractivity contribution in [2.24, 2.45) is 0 Å². The molecule has 0 fully saturated rings. The van der Waals surface area contributed by atoms with Gasteiger partial charge in [-0.3, -0.25) is 9.52 Å². The molecule has 0 spiro atoms. The molecule has 4 aromatic rings. The minimum absolute atomic E-state index is 0.000855. The molecule has 0 unspecified atom stereocenters. The second kappa shape index (κ2) is 11.2. The van der Waals surface area contributed by atoms with Crippen molar-refractivity contribution in [3.05, 3.63) is 78.1 Å². The fourth-order valence-corrected chi connectivity index (χ4v) is 4.97. The SMILES string of the molecule is COc1ccc(-c2ccc(C#N)c(SCC(=O)Nc3ccc(S(=O)(=O)Nc4cc(C)on4)cc3)n2)cc1. The van der Waals surface area contributed by atoms with Gasteiger partial charge in [-0.25, -0.2) is 13.4 Å². The number of nitriles is 1. The van der Waals surface area contributed by atoms with Gasteiger partial charge in [0.15, 0.2) is 5.82 Å². The molecule has 37 heavy (non-hydrogen) atoms. The van der Waals surface area contributed by atoms with Gasteiger partial charge in [-0.2, -0.15) is 5.26 Å². The normalized spacial score (nSPS) is 10.9. The number of ether oxygens (including phenoxy) is 1. The first-order valence-corrected chi connectivity index (χ1v) is 13.3. The lowest BCUT2D eigenvalue weighted by molar-refractivity contribution is -0.113. The Balaban J connectivity index is 1.39. The molecule has 2 heterocycles. The van der Waals surface area contributed by atoms with Crippen molar-refractivity contribution in [3.8, 4) is 23.1 Å². The van der Waals surface area contributed by atoms with Crippen LogP contribution in [0.4, 0.5) is 11.5 Å². The predicted molar refractivity (Wildman–Crippen MR) is 139 cm³/mol. The van der Waals surface area contributed by atoms with E-state index in [1.54, 1.807) is 26.2 Å². The van der Waals surface area contributed by atoms with Crippen molar-refractivity contribution in [2.75, 3.05) is 22.9 Å². The van der Waals surface area contributed by atoms with E-state index in [0.29, 0.717) is 27.7 Å². The van der Waals surface area contributed by atoms with Gasteiger partial charge in [0.2, 0.25) is 5.91 Å². The number of amides is 1. The van der Waals surface area contributed by atoms with Gasteiger partial charge in [-0.15, -0.1) is 0 Å². The lowest BCUT2D eigenvalue weighted by Crippen LogP contribution is -2.15. The van der Waals surface area contributed by atoms with Gasteiger partial charge in [-0.1, -0.05) is 16.9 Å². The van der Waals surface area contributed by atoms with E-state index in [0.717, 1.165) is 23.1 Å². The van der Waals surface area contributed by atoms with Crippen LogP contribution in [0.25, 0.3) is 11.3 Å². The van der Waals surface area contributed by atoms with E-state index < -0.39 is 10.0 Å². The van der Waals surface area contributed by atoms with Crippen molar-refractivity contribution >= 4 is 39.2 Å². The molecule has 0 bridgehead atoms. The van der Waals surface area contributed by atoms with Gasteiger partial charge in [0, 0.05) is 17.3 Å². The maximum Gasteiger partial charge on any atom is 0.263 e. The number of pyridine rings is 1. The van der Waals surface area contributed by atoms with Gasteiger partial charge in [-0.05, 0) is 67.6 Å². The molecule has 0 atom stereocenters. The Morgan fingerprint density at radius 3 is 2.46 bits per heavy atom. The summed E-state index contributed by atoms with van der Waals surface area (Å²) in [6.07, 6.45) is 0. The van der Waals surface area contributed by atoms with Crippen molar-refractivity contribution in [1.29, 1.82) is 5.26 Å². The monoisotopic (exact) mass is 535 g/mol. The molecule has 10 nitrogen and oxygen atoms in total. The molecule has 4 rings (SSSR count). The highest BCUT2D eigenvalue weighted by Crippen LogP contribution is 2.27. The number of carbonyl (C=O) groups is 1. The first-order chi connectivity index (χ1) is 17.8. The molecule has 2 N–H and O–H groups in total. The van der Waals surface area contributed by atoms with Gasteiger partial charge in [0.25, 0.3) is 10.0 Å². The fraction of sp³-hybridized carbons (Fsp3) is 0.120. The molecule has 2 aromatic heterocycles. The summed E-state index contributed by atoms with van der Waals surface area (Å²) in [5.74, 6) is 0.931. The van der Waals surface area contributed by atoms with Crippen LogP contribution in [0.15, 0.2) is 81.2 Å². The summed E-state index contributed by atoms with van der Waals surface area (Å²) >= 11 is 1.13. The Kier molecular flexibility index (Phi) is 7.76. The first kappa shape index (κ1) is 25.7. The van der Waals surface area contributed by atoms with Crippen molar-refractivity contribution in [3.63, 3.8) is 0 Å². The number of anilines is 2. The second-order valence-corrected chi connectivity index (χ2v) is 10.3. The maximum atomic E-state index is 12.5. The molecule has 12 heteroatoms. The van der Waals surface area contributed by atoms with Crippen LogP contribution in [0.3, 0.4) is 0 Å². The molecule has 0 aliphatic rings. The molecule has 2 aromatic carbocycles. The quantitative estimate of drug-likeness (QED) is 0.296. The standard InChI is InChI=1S/C25H21N5O5S2/c1-16-13-23(29-35-16)30-37(32,33)21-10-6-19(7-11-21)27-24(31)15-36-25-18(14-26)5-12-22(28-25)17-3-8-20(34-2)9-4-17/h3-13H,15H2,1-2H3,(H,27,31)(H,29,30). The van der Waals surface area contributed by atoms with Crippen LogP contribution in [0.2, 0.25) is 0 Å². The Labute approximate surface area is 217 Å². The third kappa shape index (κ3) is 6.46. The average Bonchev–Trinajstić information content (AvgIpc) is 3.31. The number of hydrogen-bond donors (Lipinski definition) is 2. The highest BCUT2D eigenvalue weighted by atomic mass is 32.2. The Morgan fingerprint density at radius 2 is 1.84 bits per heavy atom. The molecular weight excluding hydrogens is 514 g/mol. The highest BCUT2D eigenvalue weighted by molar-refractivity contribution is 8.00. The van der Waals surface area contributed by atoms with Crippen LogP contribution in [0.1, 0.15) is 11.3 Å². The van der Waals surface area contributed by atoms with Crippen LogP contribution in [-0.2, 0) is 14.8 Å². The highest BCUT2D eigenvalue weighted by Gasteiger charge is 2.17. The molecular formula is C25H21N5O5S2. The molecule has 0 aliphatic carbocycles. The summed E-state index contributed by atoms with van der Waals surface area (Å²) in [6.45, 7) is 1.65. The third-order valence-electron chi connectivity index (χ3n) is 5.02. The number of carbonyl (C=O) groups excluding carboxylic acids is 1. The maximum absolute atomic E-state index is 12.5. The zero-order valence-corrected chi connectivity index (χ0v) is 21.4. The average molecular weight is 536 g/mol. The lowest BCUT2D eigenvalue weighted by atomic mass is 10.1. The summed E-state index contributed by atoms with van der Waals surface area (Å²) in [5.41, 5.74) is 2.29. The zero-order chi connectivity index (χ0) is 26.4. The minimum Gasteiger partial charge on any atom is -0.497 e. The molecule has 0 aliphatic heterocycles. The van der Waals surface area contributed by atoms with Crippen molar-refractivity contribution in [1.82, 2.24) is 10.1 Å². The number of nitrogens with zero attached hydrogens (tertiary/aromatic N) is 3. The Bertz CT molecular complexity index is 1560. The minimum atomic E-state index is -3.87. The number of aromatic nitrogens is 2. The van der Waals surface area contributed by atoms with Gasteiger partial charge < -0.3 is 14.6 Å². The van der Waals surface area contributed by atoms with Gasteiger partial charge in [0.1, 0.15) is 22.6 Å². The van der Waals surface area contributed by atoms with E-state index in [1.165, 1.54) is 30.3 Å². The zero-order valence-electron chi connectivity index (χ0n) is 19.8. The van der Waals surface area contributed by atoms with E-state index in [9.17, 15) is 18.5 Å². The molecule has 188 valence electrons. The van der Waals surface area contributed by atoms with E-state index in [4.69, 9.17) is 9.26 Å². The molecule has 0 saturated heterocycles. The number of thioether (sulfide) groups is 1. The van der Waals surface area contributed by atoms with Crippen LogP contribution >= 0.6 is 11.8 Å². The van der Waals surface area contributed by atoms with Crippen molar-refractivity contribution in [2.45, 2.75) is 16.8 Å². The number of sulfonamides is 1. The van der Waals surface area contributed by atoms with Gasteiger partial charge in [0.05, 0.1) is 29.0 Å². The Hall–Kier alpha value is -4.34. The van der Waals surface area contributed by atoms with E-state index in [1.807, 2.05) is 24.3 Å². The molecule has 0 radical (unpaired) electrons. The van der Waals surface area contributed by atoms with Crippen LogP contribution in [0, 0.1) is 18.3 Å². The van der Waals surface area contributed by atoms with Crippen LogP contribution < -0.4 is 14.8 Å². The van der Waals surface area contributed by atoms with Crippen LogP contribution in [0.5, 0.6) is 5.75 Å². The number of hydrogen-bond acceptors (Lipinski definition) is 9. The number of benzene rings is 2. The smallest absolute Gasteiger partial charge is 0.263 e. The van der Waals surface area contributed by atoms with Crippen molar-refractivity contribution < 1.29 is 22.5 Å². The lowest BCUT2D eigenvalue weighted by Gasteiger charge is -2.09. The summed E-state index contributed by atoms with van der Waals surface area (Å²) in [7, 11) is -2.28. The largest absolute Gasteiger partial charge is 0.497 e. The molecule has 1 amide bonds. The van der Waals surface area contributed by atoms with E-state index >= 15 is 0 Å². The summed E-state index contributed by atoms with van der Waals surface area (Å²) in [5, 5.41) is 16.2. The van der Waals surface area contributed by atoms with Crippen LogP contribution in [-0.4, -0.2) is 37.3 Å². The summed E-state index contributed by atoms with van der Waals surface area (Å²) < 4.78 is 37.4. The van der Waals surface area contributed by atoms with E-state index in [-0.39, 0.29) is 22.4 Å². The number of nitrogens with one attached hydrogen (secondary N) is 2. The second-order valence-electron chi connectivity index (χ2n) is 7.68. The number of rotatable bonds is 9. The fourth-order valence-electron chi connectivity index (χ4n) is 3.22. The summed E-state index contributed by atoms with van der Waals surface area (Å²) in [4.78, 5) is 17.1. The topological polar surface area (TPSA) is 147 Å². The predicted octanol–water partition coefficient (Wildman–Crippen LogP) is 4.46. The first-order valence-electron chi connectivity index (χ1n) is 10.8. The van der Waals surface area contributed by atoms with Gasteiger partial charge >= 0.3 is 0 Å².